The molecule has 4 saturated carbocycles. The Morgan fingerprint density at radius 1 is 1.00 bits per heavy atom. The van der Waals surface area contributed by atoms with Crippen LogP contribution in [-0.2, 0) is 14.3 Å². The molecule has 4 aliphatic carbocycles. The molecule has 186 valence electrons. The first-order chi connectivity index (χ1) is 15.5. The fourth-order valence-electron chi connectivity index (χ4n) is 10.1. The Labute approximate surface area is 197 Å². The number of Topliss-reactive ketones (excluding diaryl/α,β-unsaturated/α-hetero) is 1. The third-order valence-electron chi connectivity index (χ3n) is 11.9. The predicted molar refractivity (Wildman–Crippen MR) is 121 cm³/mol. The van der Waals surface area contributed by atoms with E-state index in [4.69, 9.17) is 9.47 Å². The van der Waals surface area contributed by atoms with Crippen LogP contribution in [0.15, 0.2) is 0 Å². The van der Waals surface area contributed by atoms with Crippen molar-refractivity contribution in [2.24, 2.45) is 46.3 Å². The average Bonchev–Trinajstić information content (AvgIpc) is 3.19. The van der Waals surface area contributed by atoms with Crippen LogP contribution in [0.3, 0.4) is 0 Å². The van der Waals surface area contributed by atoms with Gasteiger partial charge in [-0.05, 0) is 67.1 Å². The smallest absolute Gasteiger partial charge is 0.171 e. The van der Waals surface area contributed by atoms with Crippen LogP contribution >= 0.6 is 0 Å². The lowest BCUT2D eigenvalue weighted by molar-refractivity contribution is -0.274. The largest absolute Gasteiger partial charge is 0.390 e. The van der Waals surface area contributed by atoms with Crippen molar-refractivity contribution < 1.29 is 29.6 Å². The first-order valence-electron chi connectivity index (χ1n) is 13.4. The minimum absolute atomic E-state index is 0.0433. The summed E-state index contributed by atoms with van der Waals surface area (Å²) in [5.41, 5.74) is -2.13. The fraction of sp³-hybridized carbons (Fsp3) is 0.963. The van der Waals surface area contributed by atoms with E-state index in [0.717, 1.165) is 38.7 Å². The van der Waals surface area contributed by atoms with Gasteiger partial charge < -0.3 is 24.8 Å². The van der Waals surface area contributed by atoms with Crippen molar-refractivity contribution in [2.45, 2.75) is 109 Å². The standard InChI is InChI=1S/C27H42O6/c1-14-5-8-27(32-13-14)15(2)23-21(33-27)10-18-16-9-22(30)26(31)12-20(29)19(28)11-25(26,4)17(16)6-7-24(18,23)3/h14-21,23,28-29,31H,5-13H2,1-4H3/t14-,15+,16-,17+,18-,19-,20+,21-,23+,24-,25+,26-,27-/m0/s1. The van der Waals surface area contributed by atoms with Crippen molar-refractivity contribution >= 4 is 5.78 Å². The lowest BCUT2D eigenvalue weighted by atomic mass is 9.42. The molecular weight excluding hydrogens is 420 g/mol. The third-order valence-corrected chi connectivity index (χ3v) is 11.9. The number of hydrogen-bond donors (Lipinski definition) is 3. The Morgan fingerprint density at radius 2 is 1.73 bits per heavy atom. The van der Waals surface area contributed by atoms with E-state index < -0.39 is 29.0 Å². The van der Waals surface area contributed by atoms with Crippen LogP contribution in [0.5, 0.6) is 0 Å². The van der Waals surface area contributed by atoms with E-state index in [2.05, 4.69) is 20.8 Å². The first kappa shape index (κ1) is 22.9. The molecular formula is C27H42O6. The molecule has 0 aromatic rings. The highest BCUT2D eigenvalue weighted by molar-refractivity contribution is 5.89. The second kappa shape index (κ2) is 7.03. The Morgan fingerprint density at radius 3 is 2.42 bits per heavy atom. The zero-order valence-corrected chi connectivity index (χ0v) is 20.6. The van der Waals surface area contributed by atoms with Gasteiger partial charge in [0.1, 0.15) is 5.60 Å². The minimum Gasteiger partial charge on any atom is -0.390 e. The molecule has 6 aliphatic rings. The van der Waals surface area contributed by atoms with Gasteiger partial charge in [-0.3, -0.25) is 4.79 Å². The van der Waals surface area contributed by atoms with Gasteiger partial charge in [0.15, 0.2) is 11.6 Å². The van der Waals surface area contributed by atoms with E-state index in [-0.39, 0.29) is 42.0 Å². The lowest BCUT2D eigenvalue weighted by Crippen LogP contribution is -2.69. The molecule has 2 heterocycles. The van der Waals surface area contributed by atoms with Gasteiger partial charge in [-0.25, -0.2) is 0 Å². The van der Waals surface area contributed by atoms with Gasteiger partial charge in [0.05, 0.1) is 24.9 Å². The van der Waals surface area contributed by atoms with Gasteiger partial charge in [0.2, 0.25) is 0 Å². The Hall–Kier alpha value is -0.530. The number of aliphatic hydroxyl groups is 3. The monoisotopic (exact) mass is 462 g/mol. The van der Waals surface area contributed by atoms with Gasteiger partial charge in [-0.15, -0.1) is 0 Å². The summed E-state index contributed by atoms with van der Waals surface area (Å²) in [6.07, 6.45) is 3.96. The Kier molecular flexibility index (Phi) is 4.88. The summed E-state index contributed by atoms with van der Waals surface area (Å²) in [5, 5.41) is 32.4. The topological polar surface area (TPSA) is 96.2 Å². The molecule has 6 rings (SSSR count). The maximum atomic E-state index is 13.4. The molecule has 0 aromatic heterocycles. The number of ketones is 1. The van der Waals surface area contributed by atoms with Gasteiger partial charge in [-0.1, -0.05) is 27.7 Å². The third kappa shape index (κ3) is 2.76. The predicted octanol–water partition coefficient (Wildman–Crippen LogP) is 3.06. The summed E-state index contributed by atoms with van der Waals surface area (Å²) in [6.45, 7) is 9.77. The number of aliphatic hydroxyl groups excluding tert-OH is 2. The van der Waals surface area contributed by atoms with Crippen LogP contribution in [0.1, 0.15) is 79.1 Å². The summed E-state index contributed by atoms with van der Waals surface area (Å²) in [5.74, 6) is 1.53. The number of carbonyl (C=O) groups is 1. The van der Waals surface area contributed by atoms with Crippen LogP contribution in [0, 0.1) is 46.3 Å². The van der Waals surface area contributed by atoms with Crippen molar-refractivity contribution in [3.05, 3.63) is 0 Å². The van der Waals surface area contributed by atoms with Crippen molar-refractivity contribution in [1.29, 1.82) is 0 Å². The summed E-state index contributed by atoms with van der Waals surface area (Å²) in [7, 11) is 0. The highest BCUT2D eigenvalue weighted by Crippen LogP contribution is 2.71. The fourth-order valence-corrected chi connectivity index (χ4v) is 10.1. The number of hydrogen-bond acceptors (Lipinski definition) is 6. The van der Waals surface area contributed by atoms with Crippen molar-refractivity contribution in [1.82, 2.24) is 0 Å². The molecule has 3 N–H and O–H groups in total. The second-order valence-corrected chi connectivity index (χ2v) is 13.3. The molecule has 1 spiro atoms. The maximum absolute atomic E-state index is 13.4. The molecule has 33 heavy (non-hydrogen) atoms. The molecule has 0 radical (unpaired) electrons. The number of rotatable bonds is 0. The highest BCUT2D eigenvalue weighted by atomic mass is 16.7. The number of carbonyl (C=O) groups excluding carboxylic acids is 1. The number of fused-ring (bicyclic) bond motifs is 7. The van der Waals surface area contributed by atoms with Crippen LogP contribution in [0.4, 0.5) is 0 Å². The van der Waals surface area contributed by atoms with E-state index in [1.165, 1.54) is 0 Å². The molecule has 0 aromatic carbocycles. The zero-order valence-electron chi connectivity index (χ0n) is 20.6. The van der Waals surface area contributed by atoms with Crippen molar-refractivity contribution in [3.63, 3.8) is 0 Å². The summed E-state index contributed by atoms with van der Waals surface area (Å²) in [4.78, 5) is 13.4. The van der Waals surface area contributed by atoms with Crippen LogP contribution in [0.2, 0.25) is 0 Å². The first-order valence-corrected chi connectivity index (χ1v) is 13.4. The normalized spacial score (nSPS) is 62.5. The van der Waals surface area contributed by atoms with E-state index in [1.54, 1.807) is 0 Å². The van der Waals surface area contributed by atoms with E-state index in [0.29, 0.717) is 30.1 Å². The van der Waals surface area contributed by atoms with E-state index >= 15 is 0 Å². The van der Waals surface area contributed by atoms with Gasteiger partial charge in [-0.2, -0.15) is 0 Å². The highest BCUT2D eigenvalue weighted by Gasteiger charge is 2.72. The molecule has 6 heteroatoms. The molecule has 13 atom stereocenters. The SMILES string of the molecule is C[C@H]1CC[C@]2(OC1)O[C@H]1C[C@H]3[C@H]4CC(=O)[C@@]5(O)C[C@@H](O)[C@@H](O)C[C@]5(C)[C@@H]4CC[C@]3(C)[C@@H]1[C@H]2C. The molecule has 0 amide bonds. The molecule has 6 fully saturated rings. The maximum Gasteiger partial charge on any atom is 0.171 e. The molecule has 2 aliphatic heterocycles. The Bertz CT molecular complexity index is 836. The Balaban J connectivity index is 1.31. The summed E-state index contributed by atoms with van der Waals surface area (Å²) >= 11 is 0. The molecule has 0 unspecified atom stereocenters. The quantitative estimate of drug-likeness (QED) is 0.512. The van der Waals surface area contributed by atoms with Crippen LogP contribution < -0.4 is 0 Å². The van der Waals surface area contributed by atoms with E-state index in [9.17, 15) is 20.1 Å². The molecule has 6 nitrogen and oxygen atoms in total. The summed E-state index contributed by atoms with van der Waals surface area (Å²) in [6, 6.07) is 0. The van der Waals surface area contributed by atoms with Gasteiger partial charge >= 0.3 is 0 Å². The van der Waals surface area contributed by atoms with E-state index in [1.807, 2.05) is 6.92 Å². The van der Waals surface area contributed by atoms with Crippen molar-refractivity contribution in [2.75, 3.05) is 6.61 Å². The molecule has 2 saturated heterocycles. The van der Waals surface area contributed by atoms with Crippen LogP contribution in [-0.4, -0.2) is 57.4 Å². The van der Waals surface area contributed by atoms with Crippen molar-refractivity contribution in [3.8, 4) is 0 Å². The number of ether oxygens (including phenoxy) is 2. The van der Waals surface area contributed by atoms with Crippen LogP contribution in [0.25, 0.3) is 0 Å². The second-order valence-electron chi connectivity index (χ2n) is 13.3. The average molecular weight is 463 g/mol. The molecule has 0 bridgehead atoms. The lowest BCUT2D eigenvalue weighted by Gasteiger charge is -2.63. The zero-order chi connectivity index (χ0) is 23.6. The van der Waals surface area contributed by atoms with Gasteiger partial charge in [0.25, 0.3) is 0 Å². The van der Waals surface area contributed by atoms with Gasteiger partial charge in [0, 0.05) is 30.6 Å². The minimum atomic E-state index is -1.53. The summed E-state index contributed by atoms with van der Waals surface area (Å²) < 4.78 is 13.2.